The maximum absolute atomic E-state index is 12.8. The summed E-state index contributed by atoms with van der Waals surface area (Å²) >= 11 is 1.59. The highest BCUT2D eigenvalue weighted by Crippen LogP contribution is 2.23. The minimum atomic E-state index is -3.38. The van der Waals surface area contributed by atoms with Gasteiger partial charge in [0.2, 0.25) is 0 Å². The predicted molar refractivity (Wildman–Crippen MR) is 87.6 cm³/mol. The third-order valence-electron chi connectivity index (χ3n) is 3.85. The standard InChI is InChI=1S/C14H25N3O2S2/c1-3-15-11-13-7-4-5-9-17(13)21(18,19)16(2)12-14-8-6-10-20-14/h6,8,10,13,15H,3-5,7,9,11-12H2,1-2H3. The molecule has 2 heterocycles. The molecule has 1 fully saturated rings. The molecule has 2 rings (SSSR count). The first-order chi connectivity index (χ1) is 10.1. The Balaban J connectivity index is 2.07. The van der Waals surface area contributed by atoms with Gasteiger partial charge in [0, 0.05) is 37.6 Å². The van der Waals surface area contributed by atoms with Crippen LogP contribution < -0.4 is 5.32 Å². The number of nitrogens with one attached hydrogen (secondary N) is 1. The molecule has 5 nitrogen and oxygen atoms in total. The van der Waals surface area contributed by atoms with Crippen LogP contribution >= 0.6 is 11.3 Å². The van der Waals surface area contributed by atoms with Gasteiger partial charge in [-0.3, -0.25) is 0 Å². The molecule has 1 aromatic heterocycles. The highest BCUT2D eigenvalue weighted by Gasteiger charge is 2.34. The summed E-state index contributed by atoms with van der Waals surface area (Å²) in [6.07, 6.45) is 3.00. The van der Waals surface area contributed by atoms with Crippen LogP contribution in [-0.4, -0.2) is 49.8 Å². The van der Waals surface area contributed by atoms with E-state index >= 15 is 0 Å². The average molecular weight is 332 g/mol. The van der Waals surface area contributed by atoms with E-state index in [0.717, 1.165) is 37.2 Å². The van der Waals surface area contributed by atoms with E-state index in [4.69, 9.17) is 0 Å². The van der Waals surface area contributed by atoms with E-state index in [1.807, 2.05) is 24.4 Å². The van der Waals surface area contributed by atoms with Gasteiger partial charge in [-0.1, -0.05) is 19.4 Å². The SMILES string of the molecule is CCNCC1CCCCN1S(=O)(=O)N(C)Cc1cccs1. The zero-order valence-corrected chi connectivity index (χ0v) is 14.4. The van der Waals surface area contributed by atoms with Gasteiger partial charge in [0.15, 0.2) is 0 Å². The van der Waals surface area contributed by atoms with Crippen molar-refractivity contribution in [1.82, 2.24) is 13.9 Å². The average Bonchev–Trinajstić information content (AvgIpc) is 2.98. The zero-order chi connectivity index (χ0) is 15.3. The summed E-state index contributed by atoms with van der Waals surface area (Å²) in [5.41, 5.74) is 0. The van der Waals surface area contributed by atoms with E-state index in [1.165, 1.54) is 4.31 Å². The van der Waals surface area contributed by atoms with Gasteiger partial charge < -0.3 is 5.32 Å². The summed E-state index contributed by atoms with van der Waals surface area (Å²) in [5, 5.41) is 5.26. The molecule has 1 saturated heterocycles. The van der Waals surface area contributed by atoms with Gasteiger partial charge in [-0.15, -0.1) is 11.3 Å². The number of piperidine rings is 1. The quantitative estimate of drug-likeness (QED) is 0.830. The Morgan fingerprint density at radius 3 is 2.95 bits per heavy atom. The van der Waals surface area contributed by atoms with Crippen molar-refractivity contribution in [3.05, 3.63) is 22.4 Å². The van der Waals surface area contributed by atoms with Gasteiger partial charge in [0.25, 0.3) is 10.2 Å². The van der Waals surface area contributed by atoms with Crippen molar-refractivity contribution >= 4 is 21.5 Å². The number of hydrogen-bond donors (Lipinski definition) is 1. The minimum Gasteiger partial charge on any atom is -0.315 e. The van der Waals surface area contributed by atoms with Gasteiger partial charge in [0.05, 0.1) is 0 Å². The molecule has 1 aliphatic heterocycles. The van der Waals surface area contributed by atoms with E-state index < -0.39 is 10.2 Å². The minimum absolute atomic E-state index is 0.0782. The maximum atomic E-state index is 12.8. The van der Waals surface area contributed by atoms with Gasteiger partial charge in [-0.25, -0.2) is 0 Å². The lowest BCUT2D eigenvalue weighted by molar-refractivity contribution is 0.230. The first-order valence-electron chi connectivity index (χ1n) is 7.52. The Morgan fingerprint density at radius 1 is 1.48 bits per heavy atom. The number of likely N-dealkylation sites (N-methyl/N-ethyl adjacent to an activating group) is 1. The molecule has 1 N–H and O–H groups in total. The smallest absolute Gasteiger partial charge is 0.282 e. The van der Waals surface area contributed by atoms with Crippen LogP contribution in [0.3, 0.4) is 0 Å². The Morgan fingerprint density at radius 2 is 2.29 bits per heavy atom. The molecule has 0 saturated carbocycles. The summed E-state index contributed by atoms with van der Waals surface area (Å²) in [7, 11) is -1.71. The number of nitrogens with zero attached hydrogens (tertiary/aromatic N) is 2. The lowest BCUT2D eigenvalue weighted by Gasteiger charge is -2.37. The van der Waals surface area contributed by atoms with Crippen molar-refractivity contribution in [2.24, 2.45) is 0 Å². The van der Waals surface area contributed by atoms with Crippen molar-refractivity contribution < 1.29 is 8.42 Å². The molecule has 120 valence electrons. The Labute approximate surface area is 132 Å². The Hall–Kier alpha value is -0.470. The van der Waals surface area contributed by atoms with Gasteiger partial charge in [0.1, 0.15) is 0 Å². The zero-order valence-electron chi connectivity index (χ0n) is 12.8. The summed E-state index contributed by atoms with van der Waals surface area (Å²) < 4.78 is 28.8. The van der Waals surface area contributed by atoms with Gasteiger partial charge in [-0.05, 0) is 30.8 Å². The van der Waals surface area contributed by atoms with E-state index in [-0.39, 0.29) is 6.04 Å². The van der Waals surface area contributed by atoms with Crippen LogP contribution in [0, 0.1) is 0 Å². The normalized spacial score (nSPS) is 21.0. The molecule has 0 radical (unpaired) electrons. The van der Waals surface area contributed by atoms with Crippen molar-refractivity contribution in [2.45, 2.75) is 38.8 Å². The monoisotopic (exact) mass is 331 g/mol. The van der Waals surface area contributed by atoms with E-state index in [0.29, 0.717) is 13.1 Å². The molecule has 0 spiro atoms. The van der Waals surface area contributed by atoms with E-state index in [9.17, 15) is 8.42 Å². The molecule has 0 amide bonds. The van der Waals surface area contributed by atoms with Crippen LogP contribution in [0.1, 0.15) is 31.1 Å². The first kappa shape index (κ1) is 16.9. The predicted octanol–water partition coefficient (Wildman–Crippen LogP) is 1.89. The summed E-state index contributed by atoms with van der Waals surface area (Å²) in [6, 6.07) is 4.01. The van der Waals surface area contributed by atoms with Crippen LogP contribution in [0.15, 0.2) is 17.5 Å². The molecule has 1 aliphatic rings. The fraction of sp³-hybridized carbons (Fsp3) is 0.714. The molecule has 0 aliphatic carbocycles. The van der Waals surface area contributed by atoms with Gasteiger partial charge >= 0.3 is 0 Å². The van der Waals surface area contributed by atoms with Crippen LogP contribution in [-0.2, 0) is 16.8 Å². The lowest BCUT2D eigenvalue weighted by atomic mass is 10.1. The molecule has 7 heteroatoms. The third-order valence-corrected chi connectivity index (χ3v) is 6.70. The summed E-state index contributed by atoms with van der Waals surface area (Å²) in [4.78, 5) is 1.07. The second-order valence-electron chi connectivity index (χ2n) is 5.41. The van der Waals surface area contributed by atoms with E-state index in [2.05, 4.69) is 5.32 Å². The Kier molecular flexibility index (Phi) is 6.19. The van der Waals surface area contributed by atoms with Crippen LogP contribution in [0.5, 0.6) is 0 Å². The largest absolute Gasteiger partial charge is 0.315 e. The van der Waals surface area contributed by atoms with Crippen LogP contribution in [0.25, 0.3) is 0 Å². The molecule has 1 atom stereocenters. The highest BCUT2D eigenvalue weighted by atomic mass is 32.2. The fourth-order valence-electron chi connectivity index (χ4n) is 2.68. The molecular weight excluding hydrogens is 306 g/mol. The van der Waals surface area contributed by atoms with Crippen molar-refractivity contribution in [3.8, 4) is 0 Å². The Bertz CT molecular complexity index is 516. The van der Waals surface area contributed by atoms with Crippen molar-refractivity contribution in [2.75, 3.05) is 26.7 Å². The lowest BCUT2D eigenvalue weighted by Crippen LogP contribution is -2.52. The highest BCUT2D eigenvalue weighted by molar-refractivity contribution is 7.86. The molecule has 0 bridgehead atoms. The number of rotatable bonds is 7. The molecule has 1 aromatic rings. The molecule has 21 heavy (non-hydrogen) atoms. The molecule has 0 aromatic carbocycles. The molecular formula is C14H25N3O2S2. The second kappa shape index (κ2) is 7.69. The first-order valence-corrected chi connectivity index (χ1v) is 9.79. The number of hydrogen-bond acceptors (Lipinski definition) is 4. The second-order valence-corrected chi connectivity index (χ2v) is 8.43. The van der Waals surface area contributed by atoms with Gasteiger partial charge in [-0.2, -0.15) is 17.0 Å². The fourth-order valence-corrected chi connectivity index (χ4v) is 5.09. The van der Waals surface area contributed by atoms with Crippen molar-refractivity contribution in [1.29, 1.82) is 0 Å². The third kappa shape index (κ3) is 4.26. The number of thiophene rings is 1. The summed E-state index contributed by atoms with van der Waals surface area (Å²) in [6.45, 7) is 4.74. The summed E-state index contributed by atoms with van der Waals surface area (Å²) in [5.74, 6) is 0. The maximum Gasteiger partial charge on any atom is 0.282 e. The molecule has 1 unspecified atom stereocenters. The van der Waals surface area contributed by atoms with Crippen LogP contribution in [0.4, 0.5) is 0 Å². The topological polar surface area (TPSA) is 52.7 Å². The van der Waals surface area contributed by atoms with Crippen LogP contribution in [0.2, 0.25) is 0 Å². The van der Waals surface area contributed by atoms with E-state index in [1.54, 1.807) is 22.7 Å². The van der Waals surface area contributed by atoms with Crippen molar-refractivity contribution in [3.63, 3.8) is 0 Å².